The Morgan fingerprint density at radius 2 is 2.11 bits per heavy atom. The van der Waals surface area contributed by atoms with Crippen LogP contribution < -0.4 is 5.32 Å². The zero-order valence-electron chi connectivity index (χ0n) is 11.3. The molecule has 1 rings (SSSR count). The summed E-state index contributed by atoms with van der Waals surface area (Å²) in [6.07, 6.45) is 5.42. The quantitative estimate of drug-likeness (QED) is 0.733. The number of likely N-dealkylation sites (tertiary alicyclic amines) is 1. The minimum Gasteiger partial charge on any atom is -0.480 e. The highest BCUT2D eigenvalue weighted by Crippen LogP contribution is 2.17. The first kappa shape index (κ1) is 15.9. The number of amides is 2. The maximum atomic E-state index is 12.0. The lowest BCUT2D eigenvalue weighted by Gasteiger charge is -2.27. The van der Waals surface area contributed by atoms with Crippen molar-refractivity contribution in [2.75, 3.05) is 25.1 Å². The molecule has 0 radical (unpaired) electrons. The summed E-state index contributed by atoms with van der Waals surface area (Å²) in [5, 5.41) is 11.9. The number of nitrogens with one attached hydrogen (secondary N) is 1. The van der Waals surface area contributed by atoms with Gasteiger partial charge in [0.05, 0.1) is 0 Å². The van der Waals surface area contributed by atoms with Crippen molar-refractivity contribution in [3.63, 3.8) is 0 Å². The second-order valence-electron chi connectivity index (χ2n) is 4.76. The van der Waals surface area contributed by atoms with E-state index in [4.69, 9.17) is 5.11 Å². The average molecular weight is 290 g/mol. The summed E-state index contributed by atoms with van der Waals surface area (Å²) >= 11 is 0. The molecule has 19 heavy (non-hydrogen) atoms. The molecule has 0 saturated carbocycles. The molecule has 110 valence electrons. The van der Waals surface area contributed by atoms with Crippen LogP contribution in [0.25, 0.3) is 0 Å². The topological polar surface area (TPSA) is 86.7 Å². The number of nitrogens with zero attached hydrogens (tertiary/aromatic N) is 1. The lowest BCUT2D eigenvalue weighted by molar-refractivity contribution is -0.142. The number of carboxylic acids is 1. The van der Waals surface area contributed by atoms with Gasteiger partial charge in [0.25, 0.3) is 0 Å². The van der Waals surface area contributed by atoms with Gasteiger partial charge in [-0.2, -0.15) is 0 Å². The van der Waals surface area contributed by atoms with E-state index >= 15 is 0 Å². The zero-order valence-corrected chi connectivity index (χ0v) is 12.1. The summed E-state index contributed by atoms with van der Waals surface area (Å²) in [6.45, 7) is 0.920. The Kier molecular flexibility index (Phi) is 6.83. The zero-order chi connectivity index (χ0) is 14.3. The molecule has 0 aromatic rings. The lowest BCUT2D eigenvalue weighted by Crippen LogP contribution is -2.49. The van der Waals surface area contributed by atoms with Gasteiger partial charge in [0.2, 0.25) is 0 Å². The van der Waals surface area contributed by atoms with Gasteiger partial charge in [-0.15, -0.1) is 0 Å². The predicted octanol–water partition coefficient (Wildman–Crippen LogP) is 0.794. The van der Waals surface area contributed by atoms with Gasteiger partial charge >= 0.3 is 12.0 Å². The summed E-state index contributed by atoms with van der Waals surface area (Å²) in [5.74, 6) is -0.394. The smallest absolute Gasteiger partial charge is 0.326 e. The van der Waals surface area contributed by atoms with E-state index in [9.17, 15) is 13.8 Å². The van der Waals surface area contributed by atoms with Gasteiger partial charge in [0.1, 0.15) is 6.04 Å². The first-order chi connectivity index (χ1) is 9.02. The van der Waals surface area contributed by atoms with E-state index in [1.54, 1.807) is 6.26 Å². The van der Waals surface area contributed by atoms with Crippen LogP contribution in [0.3, 0.4) is 0 Å². The van der Waals surface area contributed by atoms with E-state index in [1.165, 1.54) is 4.90 Å². The molecule has 2 amide bonds. The molecule has 7 heteroatoms. The molecule has 2 N–H and O–H groups in total. The number of aliphatic carboxylic acids is 1. The number of urea groups is 1. The van der Waals surface area contributed by atoms with Gasteiger partial charge in [0.15, 0.2) is 0 Å². The molecule has 0 aromatic carbocycles. The second kappa shape index (κ2) is 8.14. The minimum absolute atomic E-state index is 0.323. The van der Waals surface area contributed by atoms with E-state index in [-0.39, 0.29) is 6.03 Å². The van der Waals surface area contributed by atoms with E-state index in [1.807, 2.05) is 0 Å². The van der Waals surface area contributed by atoms with Crippen LogP contribution in [-0.2, 0) is 15.6 Å². The lowest BCUT2D eigenvalue weighted by atomic mass is 10.1. The summed E-state index contributed by atoms with van der Waals surface area (Å²) < 4.78 is 10.9. The van der Waals surface area contributed by atoms with Crippen LogP contribution in [0.15, 0.2) is 0 Å². The molecule has 1 fully saturated rings. The molecule has 1 heterocycles. The van der Waals surface area contributed by atoms with Crippen LogP contribution in [0.1, 0.15) is 32.1 Å². The third-order valence-electron chi connectivity index (χ3n) is 3.18. The van der Waals surface area contributed by atoms with E-state index < -0.39 is 22.8 Å². The van der Waals surface area contributed by atoms with Gasteiger partial charge in [-0.25, -0.2) is 9.59 Å². The highest BCUT2D eigenvalue weighted by Gasteiger charge is 2.30. The van der Waals surface area contributed by atoms with Crippen LogP contribution in [0.4, 0.5) is 4.79 Å². The Morgan fingerprint density at radius 1 is 1.37 bits per heavy atom. The van der Waals surface area contributed by atoms with Crippen molar-refractivity contribution >= 4 is 22.8 Å². The molecule has 6 nitrogen and oxygen atoms in total. The van der Waals surface area contributed by atoms with Crippen LogP contribution in [-0.4, -0.2) is 57.4 Å². The van der Waals surface area contributed by atoms with Gasteiger partial charge in [-0.05, 0) is 19.3 Å². The number of carbonyl (C=O) groups is 2. The number of carboxylic acid groups (broad SMARTS) is 1. The Morgan fingerprint density at radius 3 is 2.74 bits per heavy atom. The first-order valence-electron chi connectivity index (χ1n) is 6.59. The normalized spacial score (nSPS) is 21.5. The molecule has 1 saturated heterocycles. The molecule has 0 aromatic heterocycles. The molecule has 0 spiro atoms. The van der Waals surface area contributed by atoms with E-state index in [0.717, 1.165) is 19.3 Å². The van der Waals surface area contributed by atoms with Crippen molar-refractivity contribution < 1.29 is 18.9 Å². The third kappa shape index (κ3) is 5.59. The standard InChI is InChI=1S/C12H22N2O4S/c1-19(18)9-5-7-13-12(17)14-8-4-2-3-6-10(14)11(15)16/h10H,2-9H2,1H3,(H,13,17)(H,15,16). The molecule has 1 aliphatic rings. The first-order valence-corrected chi connectivity index (χ1v) is 8.32. The van der Waals surface area contributed by atoms with Crippen LogP contribution in [0.2, 0.25) is 0 Å². The van der Waals surface area contributed by atoms with Gasteiger partial charge in [-0.1, -0.05) is 12.8 Å². The Hall–Kier alpha value is -1.11. The van der Waals surface area contributed by atoms with Crippen LogP contribution >= 0.6 is 0 Å². The van der Waals surface area contributed by atoms with Gasteiger partial charge in [0, 0.05) is 35.9 Å². The maximum absolute atomic E-state index is 12.0. The SMILES string of the molecule is CS(=O)CCCNC(=O)N1CCCCCC1C(=O)O. The van der Waals surface area contributed by atoms with Crippen molar-refractivity contribution in [2.45, 2.75) is 38.1 Å². The largest absolute Gasteiger partial charge is 0.480 e. The van der Waals surface area contributed by atoms with Gasteiger partial charge < -0.3 is 15.3 Å². The summed E-state index contributed by atoms with van der Waals surface area (Å²) in [5.41, 5.74) is 0. The fourth-order valence-corrected chi connectivity index (χ4v) is 2.73. The molecule has 1 aliphatic heterocycles. The van der Waals surface area contributed by atoms with E-state index in [0.29, 0.717) is 31.7 Å². The van der Waals surface area contributed by atoms with Crippen molar-refractivity contribution in [2.24, 2.45) is 0 Å². The summed E-state index contributed by atoms with van der Waals surface area (Å²) in [7, 11) is -0.861. The summed E-state index contributed by atoms with van der Waals surface area (Å²) in [6, 6.07) is -1.04. The predicted molar refractivity (Wildman–Crippen MR) is 73.5 cm³/mol. The maximum Gasteiger partial charge on any atom is 0.326 e. The minimum atomic E-state index is -0.938. The van der Waals surface area contributed by atoms with Crippen molar-refractivity contribution in [1.29, 1.82) is 0 Å². The van der Waals surface area contributed by atoms with Crippen molar-refractivity contribution in [3.8, 4) is 0 Å². The summed E-state index contributed by atoms with van der Waals surface area (Å²) in [4.78, 5) is 24.6. The Labute approximate surface area is 116 Å². The molecule has 0 aliphatic carbocycles. The van der Waals surface area contributed by atoms with Crippen LogP contribution in [0, 0.1) is 0 Å². The number of carbonyl (C=O) groups excluding carboxylic acids is 1. The highest BCUT2D eigenvalue weighted by molar-refractivity contribution is 7.84. The fourth-order valence-electron chi connectivity index (χ4n) is 2.18. The molecular weight excluding hydrogens is 268 g/mol. The molecule has 2 atom stereocenters. The second-order valence-corrected chi connectivity index (χ2v) is 6.31. The van der Waals surface area contributed by atoms with Gasteiger partial charge in [-0.3, -0.25) is 4.21 Å². The van der Waals surface area contributed by atoms with E-state index in [2.05, 4.69) is 5.32 Å². The van der Waals surface area contributed by atoms with Crippen molar-refractivity contribution in [3.05, 3.63) is 0 Å². The Bertz CT molecular complexity index is 349. The van der Waals surface area contributed by atoms with Crippen molar-refractivity contribution in [1.82, 2.24) is 10.2 Å². The van der Waals surface area contributed by atoms with Crippen LogP contribution in [0.5, 0.6) is 0 Å². The number of hydrogen-bond acceptors (Lipinski definition) is 3. The average Bonchev–Trinajstić information content (AvgIpc) is 2.59. The number of rotatable bonds is 5. The molecule has 0 bridgehead atoms. The Balaban J connectivity index is 2.46. The highest BCUT2D eigenvalue weighted by atomic mass is 32.2. The monoisotopic (exact) mass is 290 g/mol. The molecular formula is C12H22N2O4S. The third-order valence-corrected chi connectivity index (χ3v) is 4.05. The fraction of sp³-hybridized carbons (Fsp3) is 0.833. The molecule has 2 unspecified atom stereocenters. The number of hydrogen-bond donors (Lipinski definition) is 2.